The first-order valence-electron chi connectivity index (χ1n) is 7.50. The summed E-state index contributed by atoms with van der Waals surface area (Å²) in [6, 6.07) is 2.09. The van der Waals surface area contributed by atoms with E-state index < -0.39 is 0 Å². The maximum absolute atomic E-state index is 5.80. The summed E-state index contributed by atoms with van der Waals surface area (Å²) in [6.45, 7) is 12.0. The molecular weight excluding hydrogens is 238 g/mol. The fraction of sp³-hybridized carbons (Fsp3) is 0.750. The topological polar surface area (TPSA) is 34.4 Å². The number of hydrogen-bond acceptors (Lipinski definition) is 3. The maximum atomic E-state index is 5.80. The molecule has 0 radical (unpaired) electrons. The van der Waals surface area contributed by atoms with E-state index in [-0.39, 0.29) is 0 Å². The van der Waals surface area contributed by atoms with Gasteiger partial charge in [0.05, 0.1) is 6.54 Å². The summed E-state index contributed by atoms with van der Waals surface area (Å²) < 4.78 is 11.5. The van der Waals surface area contributed by atoms with Crippen molar-refractivity contribution in [2.75, 3.05) is 13.2 Å². The third kappa shape index (κ3) is 6.79. The molecule has 3 heteroatoms. The van der Waals surface area contributed by atoms with E-state index in [0.717, 1.165) is 50.0 Å². The Morgan fingerprint density at radius 3 is 2.84 bits per heavy atom. The zero-order valence-electron chi connectivity index (χ0n) is 12.9. The molecule has 0 saturated carbocycles. The van der Waals surface area contributed by atoms with Crippen LogP contribution in [0.2, 0.25) is 0 Å². The molecule has 1 aromatic rings. The molecule has 1 N–H and O–H groups in total. The Kier molecular flexibility index (Phi) is 7.84. The molecule has 0 aliphatic rings. The third-order valence-electron chi connectivity index (χ3n) is 3.10. The number of rotatable bonds is 10. The molecule has 19 heavy (non-hydrogen) atoms. The van der Waals surface area contributed by atoms with E-state index in [1.165, 1.54) is 12.0 Å². The van der Waals surface area contributed by atoms with Crippen molar-refractivity contribution in [1.29, 1.82) is 0 Å². The van der Waals surface area contributed by atoms with Crippen LogP contribution in [-0.4, -0.2) is 13.2 Å². The van der Waals surface area contributed by atoms with Crippen LogP contribution in [0.5, 0.6) is 0 Å². The highest BCUT2D eigenvalue weighted by Crippen LogP contribution is 2.15. The molecule has 0 atom stereocenters. The highest BCUT2D eigenvalue weighted by atomic mass is 16.5. The summed E-state index contributed by atoms with van der Waals surface area (Å²) in [5, 5.41) is 3.36. The van der Waals surface area contributed by atoms with Gasteiger partial charge in [-0.25, -0.2) is 0 Å². The van der Waals surface area contributed by atoms with E-state index >= 15 is 0 Å². The zero-order valence-corrected chi connectivity index (χ0v) is 12.9. The summed E-state index contributed by atoms with van der Waals surface area (Å²) in [6.07, 6.45) is 3.50. The van der Waals surface area contributed by atoms with Gasteiger partial charge in [0.2, 0.25) is 0 Å². The Hall–Kier alpha value is -0.800. The van der Waals surface area contributed by atoms with Gasteiger partial charge in [0, 0.05) is 6.61 Å². The van der Waals surface area contributed by atoms with E-state index in [1.807, 2.05) is 0 Å². The van der Waals surface area contributed by atoms with Gasteiger partial charge in [0.1, 0.15) is 18.1 Å². The minimum absolute atomic E-state index is 0.590. The van der Waals surface area contributed by atoms with Crippen molar-refractivity contribution >= 4 is 0 Å². The van der Waals surface area contributed by atoms with Crippen molar-refractivity contribution in [1.82, 2.24) is 5.32 Å². The van der Waals surface area contributed by atoms with E-state index in [9.17, 15) is 0 Å². The molecule has 1 heterocycles. The van der Waals surface area contributed by atoms with Gasteiger partial charge in [-0.1, -0.05) is 20.8 Å². The van der Waals surface area contributed by atoms with Gasteiger partial charge in [-0.3, -0.25) is 0 Å². The first-order chi connectivity index (χ1) is 9.13. The smallest absolute Gasteiger partial charge is 0.130 e. The molecule has 0 aromatic carbocycles. The molecule has 0 amide bonds. The van der Waals surface area contributed by atoms with Crippen molar-refractivity contribution in [2.45, 2.75) is 60.1 Å². The fourth-order valence-electron chi connectivity index (χ4n) is 1.98. The lowest BCUT2D eigenvalue weighted by atomic mass is 10.1. The predicted octanol–water partition coefficient (Wildman–Crippen LogP) is 4.04. The van der Waals surface area contributed by atoms with Gasteiger partial charge < -0.3 is 14.5 Å². The molecule has 0 saturated heterocycles. The van der Waals surface area contributed by atoms with Crippen molar-refractivity contribution in [3.05, 3.63) is 23.2 Å². The fourth-order valence-corrected chi connectivity index (χ4v) is 1.98. The summed E-state index contributed by atoms with van der Waals surface area (Å²) >= 11 is 0. The standard InChI is InChI=1S/C16H29NO2/c1-5-8-17-11-16-14(4)10-15(19-16)12-18-9-6-7-13(2)3/h10,13,17H,5-9,11-12H2,1-4H3. The van der Waals surface area contributed by atoms with Gasteiger partial charge in [-0.2, -0.15) is 0 Å². The van der Waals surface area contributed by atoms with Gasteiger partial charge in [-0.15, -0.1) is 0 Å². The molecule has 0 aliphatic heterocycles. The van der Waals surface area contributed by atoms with Gasteiger partial charge >= 0.3 is 0 Å². The highest BCUT2D eigenvalue weighted by Gasteiger charge is 2.07. The average Bonchev–Trinajstić information content (AvgIpc) is 2.70. The average molecular weight is 267 g/mol. The van der Waals surface area contributed by atoms with Gasteiger partial charge in [0.25, 0.3) is 0 Å². The van der Waals surface area contributed by atoms with E-state index in [4.69, 9.17) is 9.15 Å². The Morgan fingerprint density at radius 2 is 2.16 bits per heavy atom. The molecule has 0 unspecified atom stereocenters. The maximum Gasteiger partial charge on any atom is 0.130 e. The van der Waals surface area contributed by atoms with Crippen LogP contribution in [-0.2, 0) is 17.9 Å². The van der Waals surface area contributed by atoms with Crippen molar-refractivity contribution < 1.29 is 9.15 Å². The van der Waals surface area contributed by atoms with Crippen LogP contribution in [0.15, 0.2) is 10.5 Å². The van der Waals surface area contributed by atoms with Crippen LogP contribution >= 0.6 is 0 Å². The lowest BCUT2D eigenvalue weighted by Gasteiger charge is -2.04. The van der Waals surface area contributed by atoms with Crippen molar-refractivity contribution in [3.8, 4) is 0 Å². The molecule has 1 aromatic heterocycles. The first-order valence-corrected chi connectivity index (χ1v) is 7.50. The highest BCUT2D eigenvalue weighted by molar-refractivity contribution is 5.19. The Balaban J connectivity index is 2.25. The van der Waals surface area contributed by atoms with Gasteiger partial charge in [0.15, 0.2) is 0 Å². The molecule has 0 spiro atoms. The van der Waals surface area contributed by atoms with Crippen LogP contribution in [0.3, 0.4) is 0 Å². The molecule has 0 fully saturated rings. The summed E-state index contributed by atoms with van der Waals surface area (Å²) in [4.78, 5) is 0. The Labute approximate surface area is 117 Å². The number of hydrogen-bond donors (Lipinski definition) is 1. The minimum atomic E-state index is 0.590. The number of nitrogens with one attached hydrogen (secondary N) is 1. The molecule has 1 rings (SSSR count). The molecule has 0 aliphatic carbocycles. The number of aryl methyl sites for hydroxylation is 1. The third-order valence-corrected chi connectivity index (χ3v) is 3.10. The molecule has 3 nitrogen and oxygen atoms in total. The summed E-state index contributed by atoms with van der Waals surface area (Å²) in [5.74, 6) is 2.73. The molecular formula is C16H29NO2. The van der Waals surface area contributed by atoms with E-state index in [0.29, 0.717) is 6.61 Å². The van der Waals surface area contributed by atoms with Gasteiger partial charge in [-0.05, 0) is 50.3 Å². The SMILES string of the molecule is CCCNCc1oc(COCCCC(C)C)cc1C. The summed E-state index contributed by atoms with van der Waals surface area (Å²) in [7, 11) is 0. The second-order valence-electron chi connectivity index (χ2n) is 5.58. The van der Waals surface area contributed by atoms with Crippen LogP contribution < -0.4 is 5.32 Å². The quantitative estimate of drug-likeness (QED) is 0.650. The number of furan rings is 1. The lowest BCUT2D eigenvalue weighted by Crippen LogP contribution is -2.13. The second-order valence-corrected chi connectivity index (χ2v) is 5.58. The molecule has 110 valence electrons. The van der Waals surface area contributed by atoms with Crippen LogP contribution in [0.4, 0.5) is 0 Å². The Bertz CT molecular complexity index is 345. The number of ether oxygens (including phenoxy) is 1. The zero-order chi connectivity index (χ0) is 14.1. The van der Waals surface area contributed by atoms with Crippen LogP contribution in [0.1, 0.15) is 57.1 Å². The van der Waals surface area contributed by atoms with E-state index in [1.54, 1.807) is 0 Å². The monoisotopic (exact) mass is 267 g/mol. The van der Waals surface area contributed by atoms with Crippen molar-refractivity contribution in [2.24, 2.45) is 5.92 Å². The van der Waals surface area contributed by atoms with Crippen molar-refractivity contribution in [3.63, 3.8) is 0 Å². The molecule has 0 bridgehead atoms. The normalized spacial score (nSPS) is 11.4. The largest absolute Gasteiger partial charge is 0.462 e. The van der Waals surface area contributed by atoms with Crippen LogP contribution in [0.25, 0.3) is 0 Å². The van der Waals surface area contributed by atoms with E-state index in [2.05, 4.69) is 39.1 Å². The van der Waals surface area contributed by atoms with Crippen LogP contribution in [0, 0.1) is 12.8 Å². The minimum Gasteiger partial charge on any atom is -0.462 e. The lowest BCUT2D eigenvalue weighted by molar-refractivity contribution is 0.0998. The second kappa shape index (κ2) is 9.16. The Morgan fingerprint density at radius 1 is 1.37 bits per heavy atom. The predicted molar refractivity (Wildman–Crippen MR) is 79.2 cm³/mol. The summed E-state index contributed by atoms with van der Waals surface area (Å²) in [5.41, 5.74) is 1.21. The first kappa shape index (κ1) is 16.3.